The third-order valence-electron chi connectivity index (χ3n) is 7.65. The Bertz CT molecular complexity index is 1320. The molecule has 2 atom stereocenters. The number of likely N-dealkylation sites (tertiary alicyclic amines) is 1. The Kier molecular flexibility index (Phi) is 6.08. The maximum atomic E-state index is 9.95. The number of nitrogens with two attached hydrogens (primary N) is 1. The smallest absolute Gasteiger partial charge is 0.146 e. The Morgan fingerprint density at radius 3 is 2.14 bits per heavy atom. The summed E-state index contributed by atoms with van der Waals surface area (Å²) in [4.78, 5) is 11.1. The van der Waals surface area contributed by atoms with Crippen molar-refractivity contribution < 1.29 is 14.9 Å². The van der Waals surface area contributed by atoms with E-state index < -0.39 is 12.2 Å². The van der Waals surface area contributed by atoms with Gasteiger partial charge in [-0.25, -0.2) is 9.97 Å². The zero-order valence-electron chi connectivity index (χ0n) is 20.1. The molecule has 1 saturated carbocycles. The molecule has 4 N–H and O–H groups in total. The van der Waals surface area contributed by atoms with Crippen LogP contribution < -0.4 is 10.5 Å². The quantitative estimate of drug-likeness (QED) is 0.392. The molecule has 186 valence electrons. The van der Waals surface area contributed by atoms with Crippen LogP contribution in [0.25, 0.3) is 22.2 Å². The second-order valence-corrected chi connectivity index (χ2v) is 9.90. The van der Waals surface area contributed by atoms with Crippen LogP contribution >= 0.6 is 0 Å². The lowest BCUT2D eigenvalue weighted by Crippen LogP contribution is -2.37. The van der Waals surface area contributed by atoms with Crippen molar-refractivity contribution in [2.45, 2.75) is 50.0 Å². The summed E-state index contributed by atoms with van der Waals surface area (Å²) in [6.45, 7) is 1.11. The van der Waals surface area contributed by atoms with Gasteiger partial charge in [-0.05, 0) is 55.5 Å². The fourth-order valence-electron chi connectivity index (χ4n) is 5.73. The number of hydrogen-bond donors (Lipinski definition) is 3. The fraction of sp³-hybridized carbons (Fsp3) is 0.357. The van der Waals surface area contributed by atoms with Crippen LogP contribution in [0.15, 0.2) is 67.1 Å². The topological polar surface area (TPSA) is 110 Å². The number of nitrogens with zero attached hydrogens (tertiary/aromatic N) is 4. The van der Waals surface area contributed by atoms with Crippen molar-refractivity contribution in [1.29, 1.82) is 0 Å². The number of nitrogen functional groups attached to an aromatic ring is 1. The van der Waals surface area contributed by atoms with Gasteiger partial charge in [-0.2, -0.15) is 0 Å². The average molecular weight is 486 g/mol. The summed E-state index contributed by atoms with van der Waals surface area (Å²) in [7, 11) is 0. The molecule has 8 heteroatoms. The number of rotatable bonds is 5. The number of fused-ring (bicyclic) bond motifs is 1. The van der Waals surface area contributed by atoms with E-state index in [0.717, 1.165) is 59.3 Å². The molecule has 1 aliphatic heterocycles. The van der Waals surface area contributed by atoms with E-state index in [0.29, 0.717) is 31.0 Å². The van der Waals surface area contributed by atoms with Gasteiger partial charge in [0.1, 0.15) is 29.3 Å². The van der Waals surface area contributed by atoms with Gasteiger partial charge in [0.2, 0.25) is 0 Å². The first-order valence-electron chi connectivity index (χ1n) is 12.6. The first-order chi connectivity index (χ1) is 17.6. The normalized spacial score (nSPS) is 24.8. The van der Waals surface area contributed by atoms with E-state index >= 15 is 0 Å². The van der Waals surface area contributed by atoms with Gasteiger partial charge in [-0.1, -0.05) is 30.3 Å². The predicted octanol–water partition coefficient (Wildman–Crippen LogP) is 3.99. The highest BCUT2D eigenvalue weighted by Gasteiger charge is 2.36. The lowest BCUT2D eigenvalue weighted by molar-refractivity contribution is 0.0572. The molecule has 1 aliphatic carbocycles. The third-order valence-corrected chi connectivity index (χ3v) is 7.65. The predicted molar refractivity (Wildman–Crippen MR) is 139 cm³/mol. The number of para-hydroxylation sites is 1. The van der Waals surface area contributed by atoms with Crippen LogP contribution in [0.4, 0.5) is 5.82 Å². The van der Waals surface area contributed by atoms with Crippen LogP contribution in [0, 0.1) is 0 Å². The average Bonchev–Trinajstić information content (AvgIpc) is 3.46. The molecule has 36 heavy (non-hydrogen) atoms. The number of aliphatic hydroxyl groups is 2. The minimum Gasteiger partial charge on any atom is -0.457 e. The molecule has 4 aromatic rings. The summed E-state index contributed by atoms with van der Waals surface area (Å²) in [6.07, 6.45) is 6.47. The first-order valence-corrected chi connectivity index (χ1v) is 12.6. The lowest BCUT2D eigenvalue weighted by Gasteiger charge is -2.35. The van der Waals surface area contributed by atoms with E-state index in [4.69, 9.17) is 10.5 Å². The zero-order chi connectivity index (χ0) is 24.6. The molecule has 0 bridgehead atoms. The molecule has 0 radical (unpaired) electrons. The summed E-state index contributed by atoms with van der Waals surface area (Å²) in [5, 5.41) is 20.8. The zero-order valence-corrected chi connectivity index (χ0v) is 20.1. The van der Waals surface area contributed by atoms with Crippen molar-refractivity contribution >= 4 is 16.9 Å². The standard InChI is InChI=1S/C28H31N5O3/c29-27-26-23(18-6-12-22(13-7-18)36-21-4-2-1-3-5-21)14-33(28(26)31-17-30-27)20-10-8-19(9-11-20)32-15-24(34)25(35)16-32/h1-7,12-14,17,19-20,24-25,34-35H,8-11,15-16H2,(H2,29,30,31)/t19-,20+,24-,25+. The largest absolute Gasteiger partial charge is 0.457 e. The molecule has 0 spiro atoms. The molecule has 6 rings (SSSR count). The van der Waals surface area contributed by atoms with Gasteiger partial charge in [0, 0.05) is 36.9 Å². The summed E-state index contributed by atoms with van der Waals surface area (Å²) < 4.78 is 8.22. The Morgan fingerprint density at radius 2 is 1.44 bits per heavy atom. The molecule has 2 aliphatic rings. The van der Waals surface area contributed by atoms with E-state index in [2.05, 4.69) is 25.6 Å². The molecule has 0 unspecified atom stereocenters. The minimum atomic E-state index is -0.636. The number of β-amino-alcohol motifs (C(OH)–C–C–N with tert-alkyl or cyclic N) is 2. The number of benzene rings is 2. The van der Waals surface area contributed by atoms with Gasteiger partial charge in [0.25, 0.3) is 0 Å². The molecule has 0 amide bonds. The highest BCUT2D eigenvalue weighted by molar-refractivity contribution is 6.00. The van der Waals surface area contributed by atoms with Crippen molar-refractivity contribution in [3.05, 3.63) is 67.1 Å². The van der Waals surface area contributed by atoms with Crippen molar-refractivity contribution in [3.63, 3.8) is 0 Å². The minimum absolute atomic E-state index is 0.310. The van der Waals surface area contributed by atoms with Crippen molar-refractivity contribution in [2.24, 2.45) is 0 Å². The second-order valence-electron chi connectivity index (χ2n) is 9.90. The number of ether oxygens (including phenoxy) is 1. The molecule has 2 aromatic heterocycles. The third kappa shape index (κ3) is 4.32. The SMILES string of the molecule is Nc1ncnc2c1c(-c1ccc(Oc3ccccc3)cc1)cn2[C@H]1CC[C@@H](N2C[C@@H](O)[C@@H](O)C2)CC1. The van der Waals surface area contributed by atoms with E-state index in [1.165, 1.54) is 6.33 Å². The summed E-state index contributed by atoms with van der Waals surface area (Å²) in [5.74, 6) is 2.05. The molecule has 1 saturated heterocycles. The van der Waals surface area contributed by atoms with E-state index in [1.807, 2.05) is 54.6 Å². The Balaban J connectivity index is 1.25. The Morgan fingerprint density at radius 1 is 0.806 bits per heavy atom. The van der Waals surface area contributed by atoms with Crippen LogP contribution in [-0.4, -0.2) is 61.0 Å². The van der Waals surface area contributed by atoms with Crippen LogP contribution in [-0.2, 0) is 0 Å². The van der Waals surface area contributed by atoms with E-state index in [9.17, 15) is 10.2 Å². The van der Waals surface area contributed by atoms with Crippen LogP contribution in [0.5, 0.6) is 11.5 Å². The van der Waals surface area contributed by atoms with Gasteiger partial charge >= 0.3 is 0 Å². The van der Waals surface area contributed by atoms with Gasteiger partial charge in [0.05, 0.1) is 17.6 Å². The van der Waals surface area contributed by atoms with Gasteiger partial charge in [-0.3, -0.25) is 4.90 Å². The Labute approximate surface area is 210 Å². The van der Waals surface area contributed by atoms with Gasteiger partial charge < -0.3 is 25.3 Å². The van der Waals surface area contributed by atoms with Crippen LogP contribution in [0.1, 0.15) is 31.7 Å². The van der Waals surface area contributed by atoms with E-state index in [1.54, 1.807) is 0 Å². The first kappa shape index (κ1) is 23.0. The van der Waals surface area contributed by atoms with Gasteiger partial charge in [-0.15, -0.1) is 0 Å². The summed E-state index contributed by atoms with van der Waals surface area (Å²) in [5.41, 5.74) is 9.27. The molecule has 2 fully saturated rings. The molecular formula is C28H31N5O3. The summed E-state index contributed by atoms with van der Waals surface area (Å²) in [6, 6.07) is 18.5. The lowest BCUT2D eigenvalue weighted by atomic mass is 9.90. The number of aliphatic hydroxyl groups excluding tert-OH is 2. The van der Waals surface area contributed by atoms with Crippen LogP contribution in [0.3, 0.4) is 0 Å². The number of aromatic nitrogens is 3. The van der Waals surface area contributed by atoms with Gasteiger partial charge in [0.15, 0.2) is 0 Å². The second kappa shape index (κ2) is 9.54. The fourth-order valence-corrected chi connectivity index (χ4v) is 5.73. The summed E-state index contributed by atoms with van der Waals surface area (Å²) >= 11 is 0. The maximum Gasteiger partial charge on any atom is 0.146 e. The highest BCUT2D eigenvalue weighted by atomic mass is 16.5. The number of hydrogen-bond acceptors (Lipinski definition) is 7. The maximum absolute atomic E-state index is 9.95. The molecule has 8 nitrogen and oxygen atoms in total. The monoisotopic (exact) mass is 485 g/mol. The highest BCUT2D eigenvalue weighted by Crippen LogP contribution is 2.39. The molecule has 2 aromatic carbocycles. The number of anilines is 1. The molecule has 3 heterocycles. The van der Waals surface area contributed by atoms with Crippen molar-refractivity contribution in [1.82, 2.24) is 19.4 Å². The van der Waals surface area contributed by atoms with Crippen LogP contribution in [0.2, 0.25) is 0 Å². The molecular weight excluding hydrogens is 454 g/mol. The van der Waals surface area contributed by atoms with Crippen molar-refractivity contribution in [2.75, 3.05) is 18.8 Å². The van der Waals surface area contributed by atoms with Crippen molar-refractivity contribution in [3.8, 4) is 22.6 Å². The van der Waals surface area contributed by atoms with E-state index in [-0.39, 0.29) is 0 Å². The Hall–Kier alpha value is -3.46.